The first-order valence-corrected chi connectivity index (χ1v) is 6.98. The maximum atomic E-state index is 12.6. The van der Waals surface area contributed by atoms with Crippen LogP contribution in [0.3, 0.4) is 0 Å². The summed E-state index contributed by atoms with van der Waals surface area (Å²) in [4.78, 5) is 16.7. The molecule has 0 radical (unpaired) electrons. The molecule has 4 heteroatoms. The van der Waals surface area contributed by atoms with Gasteiger partial charge in [0.25, 0.3) is 0 Å². The third-order valence-corrected chi connectivity index (χ3v) is 3.77. The highest BCUT2D eigenvalue weighted by Crippen LogP contribution is 2.31. The van der Waals surface area contributed by atoms with Crippen molar-refractivity contribution in [2.75, 3.05) is 33.2 Å². The zero-order chi connectivity index (χ0) is 13.6. The summed E-state index contributed by atoms with van der Waals surface area (Å²) < 4.78 is 0. The molecular weight excluding hydrogens is 226 g/mol. The highest BCUT2D eigenvalue weighted by atomic mass is 16.2. The number of nitriles is 1. The number of nitrogens with zero attached hydrogens (tertiary/aromatic N) is 3. The Balaban J connectivity index is 2.79. The van der Waals surface area contributed by atoms with Gasteiger partial charge in [0, 0.05) is 26.2 Å². The quantitative estimate of drug-likeness (QED) is 0.749. The van der Waals surface area contributed by atoms with Gasteiger partial charge in [-0.05, 0) is 19.9 Å². The van der Waals surface area contributed by atoms with E-state index in [2.05, 4.69) is 18.0 Å². The van der Waals surface area contributed by atoms with E-state index in [9.17, 15) is 10.1 Å². The van der Waals surface area contributed by atoms with Crippen LogP contribution in [-0.2, 0) is 4.79 Å². The average Bonchev–Trinajstić information content (AvgIpc) is 2.38. The van der Waals surface area contributed by atoms with Gasteiger partial charge in [-0.3, -0.25) is 4.79 Å². The van der Waals surface area contributed by atoms with Crippen LogP contribution in [0.15, 0.2) is 0 Å². The molecule has 1 heterocycles. The normalized spacial score (nSPS) is 17.6. The van der Waals surface area contributed by atoms with Gasteiger partial charge in [-0.2, -0.15) is 5.26 Å². The van der Waals surface area contributed by atoms with Crippen LogP contribution in [0.5, 0.6) is 0 Å². The number of likely N-dealkylation sites (N-methyl/N-ethyl adjacent to an activating group) is 1. The van der Waals surface area contributed by atoms with Crippen LogP contribution in [0.25, 0.3) is 0 Å². The van der Waals surface area contributed by atoms with Crippen LogP contribution in [0.1, 0.15) is 39.5 Å². The van der Waals surface area contributed by atoms with Crippen molar-refractivity contribution in [1.82, 2.24) is 9.80 Å². The fourth-order valence-electron chi connectivity index (χ4n) is 2.66. The molecule has 1 saturated heterocycles. The predicted octanol–water partition coefficient (Wildman–Crippen LogP) is 1.87. The minimum absolute atomic E-state index is 0.0572. The van der Waals surface area contributed by atoms with Crippen molar-refractivity contribution in [3.8, 4) is 6.07 Å². The number of carbonyl (C=O) groups is 1. The van der Waals surface area contributed by atoms with Crippen molar-refractivity contribution in [3.63, 3.8) is 0 Å². The lowest BCUT2D eigenvalue weighted by atomic mass is 9.79. The summed E-state index contributed by atoms with van der Waals surface area (Å²) in [6.07, 6.45) is 3.13. The first-order valence-electron chi connectivity index (χ1n) is 6.98. The number of hydrogen-bond donors (Lipinski definition) is 0. The molecule has 1 rings (SSSR count). The molecule has 0 aromatic carbocycles. The van der Waals surface area contributed by atoms with Crippen LogP contribution in [0, 0.1) is 16.7 Å². The Morgan fingerprint density at radius 1 is 1.17 bits per heavy atom. The molecule has 1 amide bonds. The van der Waals surface area contributed by atoms with Crippen molar-refractivity contribution in [2.45, 2.75) is 39.5 Å². The molecule has 18 heavy (non-hydrogen) atoms. The van der Waals surface area contributed by atoms with Crippen LogP contribution in [0.4, 0.5) is 0 Å². The van der Waals surface area contributed by atoms with Gasteiger partial charge in [-0.1, -0.05) is 26.7 Å². The summed E-state index contributed by atoms with van der Waals surface area (Å²) >= 11 is 0. The highest BCUT2D eigenvalue weighted by Gasteiger charge is 2.40. The Hall–Kier alpha value is -1.08. The first-order chi connectivity index (χ1) is 8.59. The standard InChI is InChI=1S/C14H25N3O/c1-4-6-14(12-15,7-5-2)13(18)17-10-8-16(3)9-11-17/h4-11H2,1-3H3. The molecule has 1 fully saturated rings. The van der Waals surface area contributed by atoms with Crippen LogP contribution < -0.4 is 0 Å². The topological polar surface area (TPSA) is 47.3 Å². The molecule has 0 aliphatic carbocycles. The van der Waals surface area contributed by atoms with E-state index in [-0.39, 0.29) is 5.91 Å². The molecule has 1 aliphatic rings. The number of hydrogen-bond acceptors (Lipinski definition) is 3. The maximum Gasteiger partial charge on any atom is 0.243 e. The molecule has 0 bridgehead atoms. The molecule has 0 N–H and O–H groups in total. The van der Waals surface area contributed by atoms with Gasteiger partial charge in [-0.25, -0.2) is 0 Å². The number of amides is 1. The third-order valence-electron chi connectivity index (χ3n) is 3.77. The number of rotatable bonds is 5. The van der Waals surface area contributed by atoms with Gasteiger partial charge in [0.05, 0.1) is 6.07 Å². The lowest BCUT2D eigenvalue weighted by Gasteiger charge is -2.37. The Labute approximate surface area is 111 Å². The molecule has 4 nitrogen and oxygen atoms in total. The zero-order valence-corrected chi connectivity index (χ0v) is 11.9. The molecule has 0 unspecified atom stereocenters. The number of piperazine rings is 1. The second kappa shape index (κ2) is 6.75. The highest BCUT2D eigenvalue weighted by molar-refractivity contribution is 5.85. The van der Waals surface area contributed by atoms with E-state index in [1.807, 2.05) is 18.7 Å². The largest absolute Gasteiger partial charge is 0.339 e. The predicted molar refractivity (Wildman–Crippen MR) is 71.9 cm³/mol. The Kier molecular flexibility index (Phi) is 5.61. The molecule has 0 spiro atoms. The molecule has 0 aromatic rings. The number of carbonyl (C=O) groups excluding carboxylic acids is 1. The van der Waals surface area contributed by atoms with Crippen LogP contribution in [-0.4, -0.2) is 48.9 Å². The third kappa shape index (κ3) is 3.23. The molecule has 102 valence electrons. The van der Waals surface area contributed by atoms with Gasteiger partial charge in [0.15, 0.2) is 0 Å². The van der Waals surface area contributed by atoms with E-state index in [4.69, 9.17) is 0 Å². The van der Waals surface area contributed by atoms with Crippen molar-refractivity contribution < 1.29 is 4.79 Å². The lowest BCUT2D eigenvalue weighted by Crippen LogP contribution is -2.52. The van der Waals surface area contributed by atoms with Crippen molar-refractivity contribution in [2.24, 2.45) is 5.41 Å². The van der Waals surface area contributed by atoms with Gasteiger partial charge in [0.1, 0.15) is 5.41 Å². The molecule has 0 saturated carbocycles. The lowest BCUT2D eigenvalue weighted by molar-refractivity contribution is -0.141. The van der Waals surface area contributed by atoms with Crippen molar-refractivity contribution in [3.05, 3.63) is 0 Å². The Bertz CT molecular complexity index is 307. The van der Waals surface area contributed by atoms with Gasteiger partial charge in [-0.15, -0.1) is 0 Å². The molecule has 1 aliphatic heterocycles. The Morgan fingerprint density at radius 2 is 1.67 bits per heavy atom. The first kappa shape index (κ1) is 15.0. The van der Waals surface area contributed by atoms with Crippen LogP contribution in [0.2, 0.25) is 0 Å². The van der Waals surface area contributed by atoms with Gasteiger partial charge < -0.3 is 9.80 Å². The smallest absolute Gasteiger partial charge is 0.243 e. The van der Waals surface area contributed by atoms with E-state index >= 15 is 0 Å². The van der Waals surface area contributed by atoms with E-state index in [1.54, 1.807) is 0 Å². The van der Waals surface area contributed by atoms with Crippen LogP contribution >= 0.6 is 0 Å². The molecular formula is C14H25N3O. The summed E-state index contributed by atoms with van der Waals surface area (Å²) in [6, 6.07) is 2.32. The fraction of sp³-hybridized carbons (Fsp3) is 0.857. The SMILES string of the molecule is CCCC(C#N)(CCC)C(=O)N1CCN(C)CC1. The molecule has 0 aromatic heterocycles. The Morgan fingerprint density at radius 3 is 2.06 bits per heavy atom. The van der Waals surface area contributed by atoms with E-state index in [0.29, 0.717) is 12.8 Å². The fourth-order valence-corrected chi connectivity index (χ4v) is 2.66. The second-order valence-corrected chi connectivity index (χ2v) is 5.29. The summed E-state index contributed by atoms with van der Waals surface area (Å²) in [6.45, 7) is 7.41. The van der Waals surface area contributed by atoms with Gasteiger partial charge >= 0.3 is 0 Å². The minimum Gasteiger partial charge on any atom is -0.339 e. The zero-order valence-electron chi connectivity index (χ0n) is 11.9. The average molecular weight is 251 g/mol. The molecule has 0 atom stereocenters. The summed E-state index contributed by atoms with van der Waals surface area (Å²) in [5.74, 6) is 0.0572. The maximum absolute atomic E-state index is 12.6. The van der Waals surface area contributed by atoms with E-state index in [0.717, 1.165) is 39.0 Å². The summed E-state index contributed by atoms with van der Waals surface area (Å²) in [5, 5.41) is 9.48. The van der Waals surface area contributed by atoms with E-state index < -0.39 is 5.41 Å². The van der Waals surface area contributed by atoms with Gasteiger partial charge in [0.2, 0.25) is 5.91 Å². The van der Waals surface area contributed by atoms with E-state index in [1.165, 1.54) is 0 Å². The minimum atomic E-state index is -0.778. The van der Waals surface area contributed by atoms with Crippen molar-refractivity contribution in [1.29, 1.82) is 5.26 Å². The monoisotopic (exact) mass is 251 g/mol. The summed E-state index contributed by atoms with van der Waals surface area (Å²) in [5.41, 5.74) is -0.778. The second-order valence-electron chi connectivity index (χ2n) is 5.29. The summed E-state index contributed by atoms with van der Waals surface area (Å²) in [7, 11) is 2.07. The van der Waals surface area contributed by atoms with Crippen molar-refractivity contribution >= 4 is 5.91 Å².